The molecule has 0 bridgehead atoms. The molecule has 0 aliphatic carbocycles. The second kappa shape index (κ2) is 8.20. The van der Waals surface area contributed by atoms with Crippen molar-refractivity contribution in [1.29, 1.82) is 0 Å². The summed E-state index contributed by atoms with van der Waals surface area (Å²) < 4.78 is 7.74. The fourth-order valence-corrected chi connectivity index (χ4v) is 3.93. The maximum atomic E-state index is 13.3. The Labute approximate surface area is 159 Å². The van der Waals surface area contributed by atoms with Gasteiger partial charge in [0.1, 0.15) is 11.6 Å². The highest BCUT2D eigenvalue weighted by atomic mass is 35.5. The summed E-state index contributed by atoms with van der Waals surface area (Å²) in [7, 11) is 0. The van der Waals surface area contributed by atoms with Gasteiger partial charge in [-0.1, -0.05) is 30.3 Å². The maximum absolute atomic E-state index is 13.3. The average molecular weight is 377 g/mol. The van der Waals surface area contributed by atoms with Gasteiger partial charge in [0.2, 0.25) is 5.91 Å². The first-order chi connectivity index (χ1) is 12.3. The van der Waals surface area contributed by atoms with Crippen LogP contribution >= 0.6 is 12.4 Å². The molecule has 2 aliphatic heterocycles. The van der Waals surface area contributed by atoms with E-state index < -0.39 is 5.54 Å². The number of amides is 1. The van der Waals surface area contributed by atoms with E-state index in [-0.39, 0.29) is 30.5 Å². The standard InChI is InChI=1S/C19H24N4O2.ClH/c24-18(19(8-11-20-12-9-19)23-13-4-10-21-23)22-16-7-14-25-17(16)15-5-2-1-3-6-15;/h1-6,10,13,16-17,20H,7-9,11-12,14H2,(H,22,24);1H. The minimum absolute atomic E-state index is 0. The Kier molecular flexibility index (Phi) is 5.96. The number of hydrogen-bond donors (Lipinski definition) is 2. The van der Waals surface area contributed by atoms with Crippen LogP contribution in [0.1, 0.15) is 30.9 Å². The van der Waals surface area contributed by atoms with E-state index in [1.54, 1.807) is 6.20 Å². The summed E-state index contributed by atoms with van der Waals surface area (Å²) in [5.41, 5.74) is 0.502. The van der Waals surface area contributed by atoms with Gasteiger partial charge in [0.05, 0.1) is 6.04 Å². The molecule has 4 rings (SSSR count). The Balaban J connectivity index is 0.00000196. The van der Waals surface area contributed by atoms with E-state index in [9.17, 15) is 4.79 Å². The number of benzene rings is 1. The lowest BCUT2D eigenvalue weighted by Gasteiger charge is -2.37. The summed E-state index contributed by atoms with van der Waals surface area (Å²) in [5, 5.41) is 11.0. The first-order valence-electron chi connectivity index (χ1n) is 8.98. The lowest BCUT2D eigenvalue weighted by atomic mass is 9.86. The molecule has 2 aromatic rings. The zero-order valence-corrected chi connectivity index (χ0v) is 15.5. The SMILES string of the molecule is Cl.O=C(NC1CCOC1c1ccccc1)C1(n2cccn2)CCNCC1. The molecule has 2 unspecified atom stereocenters. The van der Waals surface area contributed by atoms with Crippen molar-refractivity contribution in [3.8, 4) is 0 Å². The van der Waals surface area contributed by atoms with E-state index in [4.69, 9.17) is 4.74 Å². The van der Waals surface area contributed by atoms with Crippen LogP contribution in [-0.2, 0) is 15.1 Å². The van der Waals surface area contributed by atoms with Gasteiger partial charge in [-0.25, -0.2) is 0 Å². The molecule has 2 atom stereocenters. The summed E-state index contributed by atoms with van der Waals surface area (Å²) in [6, 6.07) is 12.0. The van der Waals surface area contributed by atoms with Crippen LogP contribution in [0, 0.1) is 0 Å². The van der Waals surface area contributed by atoms with Crippen molar-refractivity contribution in [2.75, 3.05) is 19.7 Å². The molecule has 1 aromatic carbocycles. The van der Waals surface area contributed by atoms with Crippen LogP contribution < -0.4 is 10.6 Å². The van der Waals surface area contributed by atoms with E-state index >= 15 is 0 Å². The quantitative estimate of drug-likeness (QED) is 0.856. The summed E-state index contributed by atoms with van der Waals surface area (Å²) in [6.07, 6.45) is 5.86. The van der Waals surface area contributed by atoms with Crippen molar-refractivity contribution in [2.45, 2.75) is 36.9 Å². The highest BCUT2D eigenvalue weighted by Crippen LogP contribution is 2.32. The van der Waals surface area contributed by atoms with Crippen LogP contribution in [0.25, 0.3) is 0 Å². The van der Waals surface area contributed by atoms with Crippen molar-refractivity contribution in [3.63, 3.8) is 0 Å². The summed E-state index contributed by atoms with van der Waals surface area (Å²) in [4.78, 5) is 13.3. The van der Waals surface area contributed by atoms with Crippen molar-refractivity contribution in [3.05, 3.63) is 54.4 Å². The Morgan fingerprint density at radius 2 is 2.00 bits per heavy atom. The van der Waals surface area contributed by atoms with Gasteiger partial charge in [0.15, 0.2) is 0 Å². The molecular weight excluding hydrogens is 352 g/mol. The van der Waals surface area contributed by atoms with E-state index in [0.717, 1.165) is 37.9 Å². The number of piperidine rings is 1. The van der Waals surface area contributed by atoms with Crippen LogP contribution in [-0.4, -0.2) is 41.4 Å². The molecule has 7 heteroatoms. The molecule has 1 amide bonds. The maximum Gasteiger partial charge on any atom is 0.248 e. The van der Waals surface area contributed by atoms with E-state index in [1.165, 1.54) is 0 Å². The molecule has 2 N–H and O–H groups in total. The van der Waals surface area contributed by atoms with Crippen LogP contribution in [0.2, 0.25) is 0 Å². The van der Waals surface area contributed by atoms with Crippen LogP contribution in [0.5, 0.6) is 0 Å². The van der Waals surface area contributed by atoms with Gasteiger partial charge in [-0.15, -0.1) is 12.4 Å². The van der Waals surface area contributed by atoms with Gasteiger partial charge >= 0.3 is 0 Å². The Hall–Kier alpha value is -1.89. The van der Waals surface area contributed by atoms with Gasteiger partial charge in [0, 0.05) is 19.0 Å². The highest BCUT2D eigenvalue weighted by molar-refractivity contribution is 5.85. The number of halogens is 1. The third kappa shape index (κ3) is 3.49. The zero-order valence-electron chi connectivity index (χ0n) is 14.6. The smallest absolute Gasteiger partial charge is 0.248 e. The van der Waals surface area contributed by atoms with E-state index in [0.29, 0.717) is 6.61 Å². The van der Waals surface area contributed by atoms with Gasteiger partial charge in [-0.3, -0.25) is 9.48 Å². The third-order valence-electron chi connectivity index (χ3n) is 5.33. The second-order valence-electron chi connectivity index (χ2n) is 6.80. The number of rotatable bonds is 4. The van der Waals surface area contributed by atoms with E-state index in [1.807, 2.05) is 35.1 Å². The average Bonchev–Trinajstić information content (AvgIpc) is 3.35. The number of carbonyl (C=O) groups excluding carboxylic acids is 1. The van der Waals surface area contributed by atoms with Crippen molar-refractivity contribution in [2.24, 2.45) is 0 Å². The molecule has 3 heterocycles. The van der Waals surface area contributed by atoms with E-state index in [2.05, 4.69) is 27.9 Å². The molecule has 2 aliphatic rings. The molecule has 0 spiro atoms. The predicted molar refractivity (Wildman–Crippen MR) is 101 cm³/mol. The molecular formula is C19H25ClN4O2. The molecule has 0 saturated carbocycles. The number of hydrogen-bond acceptors (Lipinski definition) is 4. The normalized spacial score (nSPS) is 24.6. The number of carbonyl (C=O) groups is 1. The largest absolute Gasteiger partial charge is 0.371 e. The number of nitrogens with one attached hydrogen (secondary N) is 2. The van der Waals surface area contributed by atoms with Gasteiger partial charge in [0.25, 0.3) is 0 Å². The lowest BCUT2D eigenvalue weighted by molar-refractivity contribution is -0.133. The minimum Gasteiger partial charge on any atom is -0.371 e. The fraction of sp³-hybridized carbons (Fsp3) is 0.474. The Bertz CT molecular complexity index is 702. The van der Waals surface area contributed by atoms with Gasteiger partial charge < -0.3 is 15.4 Å². The number of ether oxygens (including phenoxy) is 1. The molecule has 2 saturated heterocycles. The minimum atomic E-state index is -0.613. The number of aromatic nitrogens is 2. The van der Waals surface area contributed by atoms with Crippen molar-refractivity contribution >= 4 is 18.3 Å². The number of nitrogens with zero attached hydrogens (tertiary/aromatic N) is 2. The summed E-state index contributed by atoms with van der Waals surface area (Å²) >= 11 is 0. The molecule has 2 fully saturated rings. The van der Waals surface area contributed by atoms with Crippen molar-refractivity contribution < 1.29 is 9.53 Å². The first kappa shape index (κ1) is 18.9. The lowest BCUT2D eigenvalue weighted by Crippen LogP contribution is -2.56. The topological polar surface area (TPSA) is 68.2 Å². The first-order valence-corrected chi connectivity index (χ1v) is 8.98. The van der Waals surface area contributed by atoms with Crippen LogP contribution in [0.4, 0.5) is 0 Å². The van der Waals surface area contributed by atoms with Gasteiger partial charge in [-0.2, -0.15) is 5.10 Å². The second-order valence-corrected chi connectivity index (χ2v) is 6.80. The Morgan fingerprint density at radius 1 is 1.23 bits per heavy atom. The fourth-order valence-electron chi connectivity index (χ4n) is 3.93. The molecule has 26 heavy (non-hydrogen) atoms. The van der Waals surface area contributed by atoms with Crippen LogP contribution in [0.3, 0.4) is 0 Å². The summed E-state index contributed by atoms with van der Waals surface area (Å²) in [5.74, 6) is 0.0501. The summed E-state index contributed by atoms with van der Waals surface area (Å²) in [6.45, 7) is 2.30. The highest BCUT2D eigenvalue weighted by Gasteiger charge is 2.44. The Morgan fingerprint density at radius 3 is 2.69 bits per heavy atom. The third-order valence-corrected chi connectivity index (χ3v) is 5.33. The zero-order chi connectivity index (χ0) is 17.1. The van der Waals surface area contributed by atoms with Crippen molar-refractivity contribution in [1.82, 2.24) is 20.4 Å². The molecule has 140 valence electrons. The van der Waals surface area contributed by atoms with Crippen LogP contribution in [0.15, 0.2) is 48.8 Å². The molecule has 6 nitrogen and oxygen atoms in total. The monoisotopic (exact) mass is 376 g/mol. The molecule has 0 radical (unpaired) electrons. The van der Waals surface area contributed by atoms with Gasteiger partial charge in [-0.05, 0) is 44.0 Å². The predicted octanol–water partition coefficient (Wildman–Crippen LogP) is 2.03. The molecule has 1 aromatic heterocycles.